The van der Waals surface area contributed by atoms with E-state index in [1.165, 1.54) is 16.7 Å². The summed E-state index contributed by atoms with van der Waals surface area (Å²) in [6.07, 6.45) is 8.21. The predicted octanol–water partition coefficient (Wildman–Crippen LogP) is 4.61. The third-order valence-corrected chi connectivity index (χ3v) is 5.72. The van der Waals surface area contributed by atoms with Crippen LogP contribution < -0.4 is 4.74 Å². The van der Waals surface area contributed by atoms with Crippen LogP contribution in [-0.2, 0) is 0 Å². The van der Waals surface area contributed by atoms with Crippen LogP contribution in [0.15, 0.2) is 55.1 Å². The number of rotatable bonds is 7. The van der Waals surface area contributed by atoms with Gasteiger partial charge in [0.25, 0.3) is 5.91 Å². The van der Waals surface area contributed by atoms with E-state index in [0.717, 1.165) is 25.9 Å². The van der Waals surface area contributed by atoms with Crippen molar-refractivity contribution < 1.29 is 18.3 Å². The summed E-state index contributed by atoms with van der Waals surface area (Å²) in [6.45, 7) is 5.96. The van der Waals surface area contributed by atoms with Crippen LogP contribution in [0.2, 0.25) is 0 Å². The summed E-state index contributed by atoms with van der Waals surface area (Å²) in [7, 11) is 0. The highest BCUT2D eigenvalue weighted by Crippen LogP contribution is 2.23. The zero-order valence-electron chi connectivity index (χ0n) is 18.9. The molecule has 8 heteroatoms. The third kappa shape index (κ3) is 6.01. The largest absolute Gasteiger partial charge is 0.490 e. The van der Waals surface area contributed by atoms with E-state index < -0.39 is 17.4 Å². The zero-order valence-corrected chi connectivity index (χ0v) is 18.9. The Labute approximate surface area is 192 Å². The van der Waals surface area contributed by atoms with Crippen molar-refractivity contribution in [1.29, 1.82) is 0 Å². The van der Waals surface area contributed by atoms with Crippen LogP contribution in [0.3, 0.4) is 0 Å². The fourth-order valence-electron chi connectivity index (χ4n) is 4.03. The number of hydrogen-bond acceptors (Lipinski definition) is 5. The Kier molecular flexibility index (Phi) is 6.83. The number of alkyl halides is 1. The molecule has 0 unspecified atom stereocenters. The fourth-order valence-corrected chi connectivity index (χ4v) is 4.03. The Hall–Kier alpha value is -3.13. The van der Waals surface area contributed by atoms with Crippen molar-refractivity contribution in [2.75, 3.05) is 26.2 Å². The van der Waals surface area contributed by atoms with E-state index in [4.69, 9.17) is 4.74 Å². The number of carbonyl (C=O) groups is 1. The predicted molar refractivity (Wildman–Crippen MR) is 121 cm³/mol. The molecule has 6 nitrogen and oxygen atoms in total. The Morgan fingerprint density at radius 2 is 1.82 bits per heavy atom. The van der Waals surface area contributed by atoms with Crippen molar-refractivity contribution in [1.82, 2.24) is 19.4 Å². The number of hydrogen-bond donors (Lipinski definition) is 0. The van der Waals surface area contributed by atoms with Crippen molar-refractivity contribution in [2.45, 2.75) is 32.4 Å². The highest BCUT2D eigenvalue weighted by Gasteiger charge is 2.25. The van der Waals surface area contributed by atoms with Gasteiger partial charge in [-0.05, 0) is 70.0 Å². The van der Waals surface area contributed by atoms with Gasteiger partial charge in [-0.1, -0.05) is 6.07 Å². The van der Waals surface area contributed by atoms with Gasteiger partial charge in [0.15, 0.2) is 11.6 Å². The van der Waals surface area contributed by atoms with Crippen molar-refractivity contribution in [2.24, 2.45) is 5.92 Å². The third-order valence-electron chi connectivity index (χ3n) is 5.72. The van der Waals surface area contributed by atoms with Crippen molar-refractivity contribution in [3.63, 3.8) is 0 Å². The standard InChI is InChI=1S/C25H28F2N4O2/c1-25(2,27)17-30-11-7-18(8-12-30)16-33-20-14-28-23(29-15-20)19-5-6-21(22(26)13-19)24(32)31-9-3-4-10-31/h3-6,9-10,13-15,18H,7-8,11-12,16-17H2,1-2H3. The van der Waals surface area contributed by atoms with Crippen LogP contribution in [0.25, 0.3) is 11.4 Å². The first kappa shape index (κ1) is 23.0. The minimum atomic E-state index is -1.18. The Balaban J connectivity index is 1.31. The molecule has 4 rings (SSSR count). The molecule has 33 heavy (non-hydrogen) atoms. The molecule has 0 N–H and O–H groups in total. The second kappa shape index (κ2) is 9.79. The number of carbonyl (C=O) groups excluding carboxylic acids is 1. The van der Waals surface area contributed by atoms with Crippen LogP contribution in [0.4, 0.5) is 8.78 Å². The minimum absolute atomic E-state index is 0.0176. The van der Waals surface area contributed by atoms with Crippen LogP contribution >= 0.6 is 0 Å². The number of ether oxygens (including phenoxy) is 1. The molecule has 1 aromatic carbocycles. The van der Waals surface area contributed by atoms with Gasteiger partial charge in [-0.3, -0.25) is 9.36 Å². The maximum atomic E-state index is 14.6. The van der Waals surface area contributed by atoms with Gasteiger partial charge >= 0.3 is 0 Å². The number of piperidine rings is 1. The summed E-state index contributed by atoms with van der Waals surface area (Å²) < 4.78 is 35.6. The molecule has 1 aliphatic rings. The van der Waals surface area contributed by atoms with Crippen molar-refractivity contribution in [3.8, 4) is 17.1 Å². The molecule has 174 valence electrons. The molecule has 0 bridgehead atoms. The minimum Gasteiger partial charge on any atom is -0.490 e. The van der Waals surface area contributed by atoms with Crippen LogP contribution in [0, 0.1) is 11.7 Å². The Bertz CT molecular complexity index is 1070. The highest BCUT2D eigenvalue weighted by atomic mass is 19.1. The lowest BCUT2D eigenvalue weighted by Gasteiger charge is -2.34. The Morgan fingerprint density at radius 1 is 1.15 bits per heavy atom. The molecule has 0 saturated carbocycles. The number of aromatic nitrogens is 3. The summed E-state index contributed by atoms with van der Waals surface area (Å²) >= 11 is 0. The lowest BCUT2D eigenvalue weighted by Crippen LogP contribution is -2.41. The maximum Gasteiger partial charge on any atom is 0.264 e. The molecular formula is C25H28F2N4O2. The van der Waals surface area contributed by atoms with E-state index in [2.05, 4.69) is 14.9 Å². The maximum absolute atomic E-state index is 14.6. The summed E-state index contributed by atoms with van der Waals surface area (Å²) in [4.78, 5) is 23.1. The van der Waals surface area contributed by atoms with Gasteiger partial charge in [-0.2, -0.15) is 0 Å². The first-order valence-corrected chi connectivity index (χ1v) is 11.1. The van der Waals surface area contributed by atoms with E-state index in [0.29, 0.717) is 36.2 Å². The number of halogens is 2. The average Bonchev–Trinajstić information content (AvgIpc) is 3.32. The SMILES string of the molecule is CC(C)(F)CN1CCC(COc2cnc(-c3ccc(C(=O)n4cccc4)c(F)c3)nc2)CC1. The second-order valence-electron chi connectivity index (χ2n) is 9.08. The quantitative estimate of drug-likeness (QED) is 0.522. The summed E-state index contributed by atoms with van der Waals surface area (Å²) in [5, 5.41) is 0. The van der Waals surface area contributed by atoms with Gasteiger partial charge in [0, 0.05) is 24.5 Å². The first-order valence-electron chi connectivity index (χ1n) is 11.1. The lowest BCUT2D eigenvalue weighted by molar-refractivity contribution is 0.0835. The Morgan fingerprint density at radius 3 is 2.42 bits per heavy atom. The molecule has 3 aromatic rings. The number of benzene rings is 1. The fraction of sp³-hybridized carbons (Fsp3) is 0.400. The second-order valence-corrected chi connectivity index (χ2v) is 9.08. The van der Waals surface area contributed by atoms with E-state index in [9.17, 15) is 13.6 Å². The van der Waals surface area contributed by atoms with Crippen LogP contribution in [0.1, 0.15) is 37.0 Å². The molecule has 1 saturated heterocycles. The molecule has 1 fully saturated rings. The normalized spacial score (nSPS) is 15.5. The summed E-state index contributed by atoms with van der Waals surface area (Å²) in [5.41, 5.74) is -0.716. The molecule has 1 aliphatic heterocycles. The summed E-state index contributed by atoms with van der Waals surface area (Å²) in [6, 6.07) is 7.74. The van der Waals surface area contributed by atoms with Gasteiger partial charge in [0.05, 0.1) is 24.6 Å². The van der Waals surface area contributed by atoms with Crippen LogP contribution in [0.5, 0.6) is 5.75 Å². The molecule has 0 radical (unpaired) electrons. The van der Waals surface area contributed by atoms with Gasteiger partial charge < -0.3 is 9.64 Å². The van der Waals surface area contributed by atoms with E-state index in [1.54, 1.807) is 56.8 Å². The van der Waals surface area contributed by atoms with Crippen molar-refractivity contribution in [3.05, 3.63) is 66.5 Å². The highest BCUT2D eigenvalue weighted by molar-refractivity contribution is 5.96. The number of likely N-dealkylation sites (tertiary alicyclic amines) is 1. The molecule has 0 amide bonds. The lowest BCUT2D eigenvalue weighted by atomic mass is 9.97. The molecular weight excluding hydrogens is 426 g/mol. The molecule has 0 spiro atoms. The molecule has 2 aromatic heterocycles. The molecule has 0 atom stereocenters. The van der Waals surface area contributed by atoms with Gasteiger partial charge in [0.1, 0.15) is 11.5 Å². The van der Waals surface area contributed by atoms with Gasteiger partial charge in [-0.15, -0.1) is 0 Å². The van der Waals surface area contributed by atoms with E-state index in [1.807, 2.05) is 0 Å². The number of nitrogens with zero attached hydrogens (tertiary/aromatic N) is 4. The average molecular weight is 455 g/mol. The first-order chi connectivity index (χ1) is 15.8. The topological polar surface area (TPSA) is 60.2 Å². The van der Waals surface area contributed by atoms with E-state index in [-0.39, 0.29) is 5.56 Å². The smallest absolute Gasteiger partial charge is 0.264 e. The molecule has 0 aliphatic carbocycles. The van der Waals surface area contributed by atoms with Crippen molar-refractivity contribution >= 4 is 5.91 Å². The zero-order chi connectivity index (χ0) is 23.4. The monoisotopic (exact) mass is 454 g/mol. The van der Waals surface area contributed by atoms with Crippen LogP contribution in [-0.4, -0.2) is 57.3 Å². The molecule has 3 heterocycles. The van der Waals surface area contributed by atoms with E-state index >= 15 is 0 Å². The van der Waals surface area contributed by atoms with Gasteiger partial charge in [-0.25, -0.2) is 18.7 Å². The summed E-state index contributed by atoms with van der Waals surface area (Å²) in [5.74, 6) is 0.239. The van der Waals surface area contributed by atoms with Gasteiger partial charge in [0.2, 0.25) is 0 Å².